The molecule has 0 aliphatic carbocycles. The zero-order chi connectivity index (χ0) is 33.2. The highest BCUT2D eigenvalue weighted by Gasteiger charge is 2.31. The number of quaternary nitrogens is 1. The standard InChI is InChI=1S/C32H60N6O6/c1-9-12-25(37-31(42)26(13-10-2)36-29(40)23-14-16-44-17-15-23)30(41)35-24(18-20(4)5)19-34-22(8)28(39)38-27(21(6)7)32(43)33-11-3/h20-27,34H,9-19H2,1-8H3,(H,33,43)(H,35,41)(H,36,40)(H,37,42)(H,38,39)/p+1/t22-,24-,25-,26-,27?/m0/s1. The average Bonchev–Trinajstić information content (AvgIpc) is 2.97. The molecule has 12 heteroatoms. The Hall–Kier alpha value is -2.57. The molecule has 1 aliphatic rings. The largest absolute Gasteiger partial charge is 0.381 e. The van der Waals surface area contributed by atoms with E-state index in [1.165, 1.54) is 0 Å². The Morgan fingerprint density at radius 3 is 1.86 bits per heavy atom. The molecule has 0 spiro atoms. The summed E-state index contributed by atoms with van der Waals surface area (Å²) in [5, 5.41) is 16.6. The fraction of sp³-hybridized carbons (Fsp3) is 0.844. The predicted octanol–water partition coefficient (Wildman–Crippen LogP) is 0.743. The Morgan fingerprint density at radius 1 is 0.773 bits per heavy atom. The molecule has 1 rings (SSSR count). The summed E-state index contributed by atoms with van der Waals surface area (Å²) in [6.45, 7) is 17.4. The van der Waals surface area contributed by atoms with Gasteiger partial charge < -0.3 is 31.3 Å². The Balaban J connectivity index is 2.86. The zero-order valence-corrected chi connectivity index (χ0v) is 28.4. The van der Waals surface area contributed by atoms with Gasteiger partial charge in [0.1, 0.15) is 18.1 Å². The van der Waals surface area contributed by atoms with Crippen molar-refractivity contribution in [1.82, 2.24) is 26.6 Å². The molecular formula is C32H61N6O6+. The van der Waals surface area contributed by atoms with E-state index in [1.54, 1.807) is 12.2 Å². The Morgan fingerprint density at radius 2 is 1.34 bits per heavy atom. The Bertz CT molecular complexity index is 908. The molecule has 0 aromatic heterocycles. The van der Waals surface area contributed by atoms with Crippen molar-refractivity contribution in [1.29, 1.82) is 0 Å². The van der Waals surface area contributed by atoms with E-state index in [9.17, 15) is 24.0 Å². The summed E-state index contributed by atoms with van der Waals surface area (Å²) < 4.78 is 5.35. The van der Waals surface area contributed by atoms with Crippen molar-refractivity contribution in [2.24, 2.45) is 17.8 Å². The van der Waals surface area contributed by atoms with Gasteiger partial charge in [-0.2, -0.15) is 0 Å². The molecule has 0 bridgehead atoms. The number of nitrogens with two attached hydrogens (primary N) is 1. The van der Waals surface area contributed by atoms with E-state index in [0.29, 0.717) is 71.2 Å². The van der Waals surface area contributed by atoms with Gasteiger partial charge in [0.05, 0.1) is 12.6 Å². The van der Waals surface area contributed by atoms with E-state index in [0.717, 1.165) is 0 Å². The molecule has 0 radical (unpaired) electrons. The highest BCUT2D eigenvalue weighted by molar-refractivity contribution is 5.92. The third kappa shape index (κ3) is 14.5. The second-order valence-electron chi connectivity index (χ2n) is 12.8. The fourth-order valence-corrected chi connectivity index (χ4v) is 5.29. The van der Waals surface area contributed by atoms with Crippen molar-refractivity contribution in [3.8, 4) is 0 Å². The lowest BCUT2D eigenvalue weighted by atomic mass is 9.98. The summed E-state index contributed by atoms with van der Waals surface area (Å²) in [5.74, 6) is -1.13. The minimum absolute atomic E-state index is 0.0489. The van der Waals surface area contributed by atoms with E-state index in [1.807, 2.05) is 34.6 Å². The van der Waals surface area contributed by atoms with Crippen LogP contribution in [-0.4, -0.2) is 86.0 Å². The molecule has 7 N–H and O–H groups in total. The maximum absolute atomic E-state index is 13.5. The van der Waals surface area contributed by atoms with Crippen molar-refractivity contribution < 1.29 is 34.0 Å². The van der Waals surface area contributed by atoms with Gasteiger partial charge in [0.25, 0.3) is 0 Å². The number of ether oxygens (including phenoxy) is 1. The summed E-state index contributed by atoms with van der Waals surface area (Å²) in [7, 11) is 0. The number of amides is 5. The maximum Gasteiger partial charge on any atom is 0.333 e. The SMILES string of the molecule is CCC[C@H](NC(=O)C1CCOCC1)C(=O)N[C@@H](CCC)C(=O)N[C@H](CN[C@@H](C)C(=O)NC(C(=O)[NH2+]CC)C(C)C)CC(C)C. The first-order valence-electron chi connectivity index (χ1n) is 16.7. The van der Waals surface area contributed by atoms with Crippen LogP contribution in [0.25, 0.3) is 0 Å². The molecule has 1 aliphatic heterocycles. The zero-order valence-electron chi connectivity index (χ0n) is 28.4. The number of likely N-dealkylation sites (N-methyl/N-ethyl adjacent to an activating group) is 1. The molecular weight excluding hydrogens is 564 g/mol. The average molecular weight is 626 g/mol. The number of hydrogen-bond acceptors (Lipinski definition) is 7. The summed E-state index contributed by atoms with van der Waals surface area (Å²) >= 11 is 0. The number of carbonyl (C=O) groups excluding carboxylic acids is 5. The van der Waals surface area contributed by atoms with Crippen LogP contribution in [0.3, 0.4) is 0 Å². The van der Waals surface area contributed by atoms with Gasteiger partial charge in [-0.3, -0.25) is 24.5 Å². The van der Waals surface area contributed by atoms with Gasteiger partial charge in [-0.1, -0.05) is 54.4 Å². The number of rotatable bonds is 20. The van der Waals surface area contributed by atoms with Gasteiger partial charge in [-0.25, -0.2) is 4.79 Å². The molecule has 254 valence electrons. The molecule has 0 aromatic rings. The van der Waals surface area contributed by atoms with Crippen LogP contribution < -0.4 is 31.9 Å². The van der Waals surface area contributed by atoms with Crippen molar-refractivity contribution in [3.63, 3.8) is 0 Å². The van der Waals surface area contributed by atoms with Gasteiger partial charge in [0.15, 0.2) is 0 Å². The van der Waals surface area contributed by atoms with Crippen LogP contribution in [-0.2, 0) is 28.7 Å². The minimum atomic E-state index is -0.755. The molecule has 12 nitrogen and oxygen atoms in total. The van der Waals surface area contributed by atoms with E-state index in [2.05, 4.69) is 40.4 Å². The second kappa shape index (κ2) is 21.2. The monoisotopic (exact) mass is 625 g/mol. The van der Waals surface area contributed by atoms with Gasteiger partial charge in [-0.15, -0.1) is 0 Å². The van der Waals surface area contributed by atoms with Crippen LogP contribution >= 0.6 is 0 Å². The highest BCUT2D eigenvalue weighted by Crippen LogP contribution is 2.15. The molecule has 0 aromatic carbocycles. The fourth-order valence-electron chi connectivity index (χ4n) is 5.29. The number of carbonyl (C=O) groups is 5. The smallest absolute Gasteiger partial charge is 0.333 e. The predicted molar refractivity (Wildman–Crippen MR) is 170 cm³/mol. The lowest BCUT2D eigenvalue weighted by Gasteiger charge is -2.28. The first kappa shape index (κ1) is 39.5. The van der Waals surface area contributed by atoms with Crippen LogP contribution in [0.15, 0.2) is 0 Å². The summed E-state index contributed by atoms with van der Waals surface area (Å²) in [6.07, 6.45) is 4.23. The molecule has 1 unspecified atom stereocenters. The third-order valence-corrected chi connectivity index (χ3v) is 7.86. The first-order valence-corrected chi connectivity index (χ1v) is 16.7. The second-order valence-corrected chi connectivity index (χ2v) is 12.8. The normalized spacial score (nSPS) is 17.3. The van der Waals surface area contributed by atoms with Crippen LogP contribution in [0.1, 0.15) is 100 Å². The van der Waals surface area contributed by atoms with Gasteiger partial charge in [-0.05, 0) is 57.8 Å². The first-order chi connectivity index (χ1) is 20.8. The molecule has 5 amide bonds. The summed E-state index contributed by atoms with van der Waals surface area (Å²) in [6, 6.07) is -2.93. The Labute approximate surface area is 264 Å². The van der Waals surface area contributed by atoms with Crippen LogP contribution in [0.4, 0.5) is 0 Å². The molecule has 5 atom stereocenters. The molecule has 44 heavy (non-hydrogen) atoms. The van der Waals surface area contributed by atoms with Crippen molar-refractivity contribution in [2.75, 3.05) is 26.3 Å². The lowest BCUT2D eigenvalue weighted by Crippen LogP contribution is -2.91. The van der Waals surface area contributed by atoms with Gasteiger partial charge in [0.2, 0.25) is 23.6 Å². The highest BCUT2D eigenvalue weighted by atomic mass is 16.5. The molecule has 1 heterocycles. The van der Waals surface area contributed by atoms with Gasteiger partial charge >= 0.3 is 5.91 Å². The minimum Gasteiger partial charge on any atom is -0.381 e. The summed E-state index contributed by atoms with van der Waals surface area (Å²) in [4.78, 5) is 65.0. The van der Waals surface area contributed by atoms with Crippen LogP contribution in [0.2, 0.25) is 0 Å². The van der Waals surface area contributed by atoms with Crippen molar-refractivity contribution >= 4 is 29.5 Å². The van der Waals surface area contributed by atoms with E-state index < -0.39 is 24.2 Å². The number of hydrogen-bond donors (Lipinski definition) is 6. The molecule has 1 saturated heterocycles. The quantitative estimate of drug-likeness (QED) is 0.116. The molecule has 1 fully saturated rings. The maximum atomic E-state index is 13.5. The van der Waals surface area contributed by atoms with Crippen LogP contribution in [0.5, 0.6) is 0 Å². The number of primary amides is 1. The third-order valence-electron chi connectivity index (χ3n) is 7.86. The van der Waals surface area contributed by atoms with Crippen molar-refractivity contribution in [2.45, 2.75) is 131 Å². The topological polar surface area (TPSA) is 171 Å². The van der Waals surface area contributed by atoms with E-state index in [-0.39, 0.29) is 53.3 Å². The van der Waals surface area contributed by atoms with E-state index >= 15 is 0 Å². The van der Waals surface area contributed by atoms with E-state index in [4.69, 9.17) is 4.74 Å². The Kier molecular flexibility index (Phi) is 19.0. The number of nitrogens with one attached hydrogen (secondary N) is 5. The van der Waals surface area contributed by atoms with Crippen LogP contribution in [0, 0.1) is 17.8 Å². The molecule has 0 saturated carbocycles. The van der Waals surface area contributed by atoms with Crippen molar-refractivity contribution in [3.05, 3.63) is 0 Å². The van der Waals surface area contributed by atoms with Gasteiger partial charge in [0, 0.05) is 31.7 Å². The summed E-state index contributed by atoms with van der Waals surface area (Å²) in [5.41, 5.74) is 0. The lowest BCUT2D eigenvalue weighted by molar-refractivity contribution is -0.566.